The highest BCUT2D eigenvalue weighted by atomic mass is 32.2. The van der Waals surface area contributed by atoms with Gasteiger partial charge in [0.25, 0.3) is 10.0 Å². The van der Waals surface area contributed by atoms with E-state index in [1.165, 1.54) is 3.97 Å². The van der Waals surface area contributed by atoms with Gasteiger partial charge in [0.15, 0.2) is 11.5 Å². The summed E-state index contributed by atoms with van der Waals surface area (Å²) in [7, 11) is -3.81. The van der Waals surface area contributed by atoms with Gasteiger partial charge in [-0.2, -0.15) is 10.4 Å². The first-order chi connectivity index (χ1) is 17.5. The summed E-state index contributed by atoms with van der Waals surface area (Å²) in [6, 6.07) is 14.6. The highest BCUT2D eigenvalue weighted by Crippen LogP contribution is 2.40. The highest BCUT2D eigenvalue weighted by molar-refractivity contribution is 7.90. The van der Waals surface area contributed by atoms with E-state index >= 15 is 0 Å². The number of aromatic nitrogens is 6. The molecular weight excluding hydrogens is 474 g/mol. The number of pyridine rings is 1. The normalized spacial score (nSPS) is 18.6. The van der Waals surface area contributed by atoms with Gasteiger partial charge in [-0.05, 0) is 62.8 Å². The number of benzene rings is 1. The molecule has 0 aliphatic heterocycles. The molecule has 182 valence electrons. The van der Waals surface area contributed by atoms with Crippen LogP contribution in [-0.4, -0.2) is 37.1 Å². The van der Waals surface area contributed by atoms with Crippen LogP contribution in [0.3, 0.4) is 0 Å². The molecule has 1 aromatic carbocycles. The zero-order valence-electron chi connectivity index (χ0n) is 19.8. The number of nitrogens with one attached hydrogen (secondary N) is 1. The largest absolute Gasteiger partial charge is 0.319 e. The van der Waals surface area contributed by atoms with Gasteiger partial charge in [0, 0.05) is 24.0 Å². The van der Waals surface area contributed by atoms with Crippen molar-refractivity contribution < 1.29 is 8.42 Å². The number of fused-ring (bicyclic) bond motifs is 3. The summed E-state index contributed by atoms with van der Waals surface area (Å²) in [6.07, 6.45) is 7.58. The van der Waals surface area contributed by atoms with E-state index in [9.17, 15) is 8.42 Å². The SMILES string of the molecule is Cc1cc(-c2nc3cnc4c(ccn4S(=O)(=O)c4ccccc4)c3n2C2CCC(CC#N)CC2)[nH]n1. The van der Waals surface area contributed by atoms with Crippen LogP contribution in [0.2, 0.25) is 0 Å². The van der Waals surface area contributed by atoms with Crippen LogP contribution in [0.4, 0.5) is 0 Å². The minimum absolute atomic E-state index is 0.170. The molecule has 1 aliphatic carbocycles. The van der Waals surface area contributed by atoms with Gasteiger partial charge >= 0.3 is 0 Å². The quantitative estimate of drug-likeness (QED) is 0.364. The standard InChI is InChI=1S/C26H25N7O2S/c1-17-15-22(31-30-17)26-29-23-16-28-25-21(12-14-32(25)36(34,35)20-5-3-2-4-6-20)24(23)33(26)19-9-7-18(8-10-19)11-13-27/h2-6,12,14-16,18-19H,7-11H2,1H3,(H,30,31). The Balaban J connectivity index is 1.55. The summed E-state index contributed by atoms with van der Waals surface area (Å²) < 4.78 is 30.3. The average Bonchev–Trinajstić information content (AvgIpc) is 3.61. The minimum Gasteiger partial charge on any atom is -0.319 e. The summed E-state index contributed by atoms with van der Waals surface area (Å²) in [6.45, 7) is 1.93. The topological polar surface area (TPSA) is 122 Å². The Morgan fingerprint density at radius 2 is 1.92 bits per heavy atom. The van der Waals surface area contributed by atoms with Crippen LogP contribution >= 0.6 is 0 Å². The highest BCUT2D eigenvalue weighted by Gasteiger charge is 2.29. The maximum absolute atomic E-state index is 13.4. The van der Waals surface area contributed by atoms with E-state index in [0.717, 1.165) is 53.8 Å². The fourth-order valence-corrected chi connectivity index (χ4v) is 6.69. The maximum atomic E-state index is 13.4. The van der Waals surface area contributed by atoms with E-state index in [4.69, 9.17) is 10.2 Å². The monoisotopic (exact) mass is 499 g/mol. The van der Waals surface area contributed by atoms with Gasteiger partial charge in [-0.1, -0.05) is 18.2 Å². The van der Waals surface area contributed by atoms with E-state index in [2.05, 4.69) is 25.8 Å². The molecule has 0 spiro atoms. The molecule has 1 aliphatic rings. The lowest BCUT2D eigenvalue weighted by atomic mass is 9.84. The summed E-state index contributed by atoms with van der Waals surface area (Å²) in [4.78, 5) is 9.68. The van der Waals surface area contributed by atoms with Gasteiger partial charge in [-0.3, -0.25) is 5.10 Å². The van der Waals surface area contributed by atoms with E-state index < -0.39 is 10.0 Å². The zero-order valence-corrected chi connectivity index (χ0v) is 20.6. The summed E-state index contributed by atoms with van der Waals surface area (Å²) in [5.41, 5.74) is 3.63. The fourth-order valence-electron chi connectivity index (χ4n) is 5.37. The smallest absolute Gasteiger partial charge is 0.269 e. The predicted molar refractivity (Wildman–Crippen MR) is 136 cm³/mol. The third-order valence-electron chi connectivity index (χ3n) is 7.14. The van der Waals surface area contributed by atoms with E-state index in [0.29, 0.717) is 23.5 Å². The lowest BCUT2D eigenvalue weighted by molar-refractivity contribution is 0.283. The Morgan fingerprint density at radius 3 is 2.61 bits per heavy atom. The van der Waals surface area contributed by atoms with Crippen molar-refractivity contribution in [3.63, 3.8) is 0 Å². The second kappa shape index (κ2) is 8.60. The first-order valence-corrected chi connectivity index (χ1v) is 13.5. The number of aromatic amines is 1. The molecule has 1 N–H and O–H groups in total. The van der Waals surface area contributed by atoms with E-state index in [1.807, 2.05) is 19.1 Å². The summed E-state index contributed by atoms with van der Waals surface area (Å²) in [5.74, 6) is 1.18. The molecule has 0 bridgehead atoms. The number of rotatable bonds is 5. The Kier molecular flexibility index (Phi) is 5.38. The number of aryl methyl sites for hydroxylation is 1. The molecular formula is C26H25N7O2S. The third kappa shape index (κ3) is 3.58. The van der Waals surface area contributed by atoms with Crippen molar-refractivity contribution in [1.29, 1.82) is 5.26 Å². The van der Waals surface area contributed by atoms with Gasteiger partial charge in [-0.25, -0.2) is 22.4 Å². The molecule has 5 aromatic rings. The van der Waals surface area contributed by atoms with Crippen molar-refractivity contribution >= 4 is 32.1 Å². The number of H-pyrrole nitrogens is 1. The summed E-state index contributed by atoms with van der Waals surface area (Å²) in [5, 5.41) is 17.3. The Bertz CT molecular complexity index is 1720. The lowest BCUT2D eigenvalue weighted by Crippen LogP contribution is -2.19. The van der Waals surface area contributed by atoms with Crippen molar-refractivity contribution in [2.75, 3.05) is 0 Å². The summed E-state index contributed by atoms with van der Waals surface area (Å²) >= 11 is 0. The predicted octanol–water partition coefficient (Wildman–Crippen LogP) is 4.97. The minimum atomic E-state index is -3.81. The Morgan fingerprint density at radius 1 is 1.14 bits per heavy atom. The van der Waals surface area contributed by atoms with Gasteiger partial charge in [0.1, 0.15) is 11.2 Å². The molecule has 36 heavy (non-hydrogen) atoms. The van der Waals surface area contributed by atoms with E-state index in [-0.39, 0.29) is 10.9 Å². The molecule has 0 saturated heterocycles. The van der Waals surface area contributed by atoms with Crippen molar-refractivity contribution in [3.05, 3.63) is 60.6 Å². The van der Waals surface area contributed by atoms with Gasteiger partial charge in [0.2, 0.25) is 0 Å². The number of hydrogen-bond acceptors (Lipinski definition) is 6. The van der Waals surface area contributed by atoms with Crippen LogP contribution in [0.1, 0.15) is 43.8 Å². The maximum Gasteiger partial charge on any atom is 0.269 e. The Hall–Kier alpha value is -3.97. The van der Waals surface area contributed by atoms with Crippen LogP contribution in [-0.2, 0) is 10.0 Å². The number of nitrogens with zero attached hydrogens (tertiary/aromatic N) is 6. The molecule has 4 heterocycles. The average molecular weight is 500 g/mol. The Labute approximate surface area is 208 Å². The first kappa shape index (κ1) is 22.5. The second-order valence-corrected chi connectivity index (χ2v) is 11.2. The number of imidazole rings is 1. The lowest BCUT2D eigenvalue weighted by Gasteiger charge is -2.29. The number of nitriles is 1. The van der Waals surface area contributed by atoms with Crippen LogP contribution in [0.15, 0.2) is 59.8 Å². The van der Waals surface area contributed by atoms with Crippen molar-refractivity contribution in [1.82, 2.24) is 28.7 Å². The van der Waals surface area contributed by atoms with E-state index in [1.54, 1.807) is 42.7 Å². The zero-order chi connectivity index (χ0) is 24.9. The van der Waals surface area contributed by atoms with Crippen molar-refractivity contribution in [2.24, 2.45) is 5.92 Å². The fraction of sp³-hybridized carbons (Fsp3) is 0.308. The molecule has 9 nitrogen and oxygen atoms in total. The molecule has 0 radical (unpaired) electrons. The molecule has 1 saturated carbocycles. The van der Waals surface area contributed by atoms with Crippen LogP contribution in [0.25, 0.3) is 33.6 Å². The number of hydrogen-bond donors (Lipinski definition) is 1. The first-order valence-electron chi connectivity index (χ1n) is 12.1. The van der Waals surface area contributed by atoms with Crippen molar-refractivity contribution in [3.8, 4) is 17.6 Å². The van der Waals surface area contributed by atoms with Crippen LogP contribution in [0, 0.1) is 24.2 Å². The molecule has 1 fully saturated rings. The molecule has 4 aromatic heterocycles. The van der Waals surface area contributed by atoms with Gasteiger partial charge < -0.3 is 4.57 Å². The molecule has 0 atom stereocenters. The van der Waals surface area contributed by atoms with Crippen LogP contribution < -0.4 is 0 Å². The van der Waals surface area contributed by atoms with Gasteiger partial charge in [0.05, 0.1) is 28.4 Å². The van der Waals surface area contributed by atoms with Crippen LogP contribution in [0.5, 0.6) is 0 Å². The molecule has 10 heteroatoms. The van der Waals surface area contributed by atoms with Crippen molar-refractivity contribution in [2.45, 2.75) is 50.0 Å². The molecule has 0 amide bonds. The second-order valence-electron chi connectivity index (χ2n) is 9.42. The van der Waals surface area contributed by atoms with Gasteiger partial charge in [-0.15, -0.1) is 0 Å². The third-order valence-corrected chi connectivity index (χ3v) is 8.82. The molecule has 6 rings (SSSR count). The molecule has 0 unspecified atom stereocenters.